The van der Waals surface area contributed by atoms with Crippen molar-refractivity contribution >= 4 is 0 Å². The van der Waals surface area contributed by atoms with E-state index in [1.165, 1.54) is 23.1 Å². The van der Waals surface area contributed by atoms with Crippen LogP contribution in [0, 0.1) is 25.7 Å². The first-order valence-electron chi connectivity index (χ1n) is 6.13. The van der Waals surface area contributed by atoms with Gasteiger partial charge in [0.2, 0.25) is 0 Å². The second kappa shape index (κ2) is 4.56. The summed E-state index contributed by atoms with van der Waals surface area (Å²) >= 11 is 0. The van der Waals surface area contributed by atoms with Crippen LogP contribution in [0.2, 0.25) is 0 Å². The maximum absolute atomic E-state index is 5.65. The number of benzene rings is 1. The van der Waals surface area contributed by atoms with E-state index in [-0.39, 0.29) is 0 Å². The molecule has 2 heteroatoms. The topological polar surface area (TPSA) is 38.0 Å². The highest BCUT2D eigenvalue weighted by atomic mass is 15.2. The molecule has 3 atom stereocenters. The third kappa shape index (κ3) is 2.63. The Bertz CT molecular complexity index is 353. The number of rotatable bonds is 4. The second-order valence-corrected chi connectivity index (χ2v) is 5.35. The molecule has 0 amide bonds. The van der Waals surface area contributed by atoms with Crippen molar-refractivity contribution in [2.45, 2.75) is 39.7 Å². The van der Waals surface area contributed by atoms with Crippen LogP contribution in [0.3, 0.4) is 0 Å². The van der Waals surface area contributed by atoms with Crippen molar-refractivity contribution in [1.29, 1.82) is 0 Å². The van der Waals surface area contributed by atoms with Gasteiger partial charge in [-0.25, -0.2) is 0 Å². The number of nitrogens with one attached hydrogen (secondary N) is 1. The molecule has 2 nitrogen and oxygen atoms in total. The molecule has 2 rings (SSSR count). The van der Waals surface area contributed by atoms with E-state index in [2.05, 4.69) is 44.4 Å². The second-order valence-electron chi connectivity index (χ2n) is 5.35. The Morgan fingerprint density at radius 3 is 2.31 bits per heavy atom. The van der Waals surface area contributed by atoms with E-state index in [9.17, 15) is 0 Å². The summed E-state index contributed by atoms with van der Waals surface area (Å²) in [5, 5.41) is 0. The molecule has 1 fully saturated rings. The quantitative estimate of drug-likeness (QED) is 0.601. The van der Waals surface area contributed by atoms with Crippen LogP contribution in [-0.4, -0.2) is 6.04 Å². The first kappa shape index (κ1) is 11.6. The molecule has 3 unspecified atom stereocenters. The molecular formula is C14H22N2. The highest BCUT2D eigenvalue weighted by Gasteiger charge is 2.38. The molecule has 0 heterocycles. The summed E-state index contributed by atoms with van der Waals surface area (Å²) in [7, 11) is 0. The van der Waals surface area contributed by atoms with E-state index in [4.69, 9.17) is 5.84 Å². The molecule has 0 radical (unpaired) electrons. The lowest BCUT2D eigenvalue weighted by Crippen LogP contribution is -2.38. The Morgan fingerprint density at radius 1 is 1.31 bits per heavy atom. The summed E-state index contributed by atoms with van der Waals surface area (Å²) < 4.78 is 0. The van der Waals surface area contributed by atoms with Gasteiger partial charge in [-0.3, -0.25) is 11.3 Å². The molecule has 1 aliphatic carbocycles. The average Bonchev–Trinajstić information content (AvgIpc) is 2.90. The molecule has 1 aliphatic rings. The van der Waals surface area contributed by atoms with Gasteiger partial charge in [-0.1, -0.05) is 36.2 Å². The molecule has 0 aliphatic heterocycles. The van der Waals surface area contributed by atoms with Crippen molar-refractivity contribution in [2.75, 3.05) is 0 Å². The molecule has 0 aromatic heterocycles. The van der Waals surface area contributed by atoms with Crippen LogP contribution in [0.25, 0.3) is 0 Å². The molecule has 1 saturated carbocycles. The number of hydrogen-bond acceptors (Lipinski definition) is 2. The van der Waals surface area contributed by atoms with Gasteiger partial charge in [0.15, 0.2) is 0 Å². The standard InChI is InChI=1S/C14H22N2/c1-9-4-10(2)6-12(5-9)8-14(16-15)13-7-11(13)3/h4-6,11,13-14,16H,7-8,15H2,1-3H3. The molecule has 88 valence electrons. The molecule has 16 heavy (non-hydrogen) atoms. The van der Waals surface area contributed by atoms with E-state index in [1.807, 2.05) is 0 Å². The molecule has 3 N–H and O–H groups in total. The van der Waals surface area contributed by atoms with Crippen molar-refractivity contribution in [3.05, 3.63) is 34.9 Å². The molecular weight excluding hydrogens is 196 g/mol. The number of hydrazine groups is 1. The van der Waals surface area contributed by atoms with Gasteiger partial charge in [0.25, 0.3) is 0 Å². The number of hydrogen-bond donors (Lipinski definition) is 2. The maximum atomic E-state index is 5.65. The number of aryl methyl sites for hydroxylation is 2. The van der Waals surface area contributed by atoms with Gasteiger partial charge >= 0.3 is 0 Å². The van der Waals surface area contributed by atoms with Gasteiger partial charge in [-0.05, 0) is 44.1 Å². The summed E-state index contributed by atoms with van der Waals surface area (Å²) in [6.07, 6.45) is 2.37. The van der Waals surface area contributed by atoms with Crippen molar-refractivity contribution in [1.82, 2.24) is 5.43 Å². The van der Waals surface area contributed by atoms with Crippen molar-refractivity contribution in [3.63, 3.8) is 0 Å². The molecule has 1 aromatic rings. The monoisotopic (exact) mass is 218 g/mol. The van der Waals surface area contributed by atoms with Gasteiger partial charge in [-0.15, -0.1) is 0 Å². The maximum Gasteiger partial charge on any atom is 0.0281 e. The van der Waals surface area contributed by atoms with Gasteiger partial charge in [0.05, 0.1) is 0 Å². The Balaban J connectivity index is 2.06. The van der Waals surface area contributed by atoms with Crippen molar-refractivity contribution in [2.24, 2.45) is 17.7 Å². The first-order chi connectivity index (χ1) is 7.60. The number of nitrogens with two attached hydrogens (primary N) is 1. The summed E-state index contributed by atoms with van der Waals surface area (Å²) in [4.78, 5) is 0. The highest BCUT2D eigenvalue weighted by molar-refractivity contribution is 5.29. The fraction of sp³-hybridized carbons (Fsp3) is 0.571. The third-order valence-electron chi connectivity index (χ3n) is 3.64. The Kier molecular flexibility index (Phi) is 3.31. The SMILES string of the molecule is Cc1cc(C)cc(CC(NN)C2CC2C)c1. The minimum Gasteiger partial charge on any atom is -0.271 e. The Labute approximate surface area is 98.2 Å². The van der Waals surface area contributed by atoms with E-state index in [0.717, 1.165) is 18.3 Å². The summed E-state index contributed by atoms with van der Waals surface area (Å²) in [6, 6.07) is 7.19. The first-order valence-corrected chi connectivity index (χ1v) is 6.13. The van der Waals surface area contributed by atoms with Crippen LogP contribution in [0.4, 0.5) is 0 Å². The zero-order valence-corrected chi connectivity index (χ0v) is 10.5. The zero-order valence-electron chi connectivity index (χ0n) is 10.5. The van der Waals surface area contributed by atoms with Crippen LogP contribution < -0.4 is 11.3 Å². The van der Waals surface area contributed by atoms with Crippen LogP contribution in [0.1, 0.15) is 30.0 Å². The van der Waals surface area contributed by atoms with E-state index in [0.29, 0.717) is 6.04 Å². The molecule has 0 spiro atoms. The highest BCUT2D eigenvalue weighted by Crippen LogP contribution is 2.41. The Morgan fingerprint density at radius 2 is 1.88 bits per heavy atom. The lowest BCUT2D eigenvalue weighted by atomic mass is 9.98. The fourth-order valence-corrected chi connectivity index (χ4v) is 2.69. The largest absolute Gasteiger partial charge is 0.271 e. The van der Waals surface area contributed by atoms with Gasteiger partial charge in [0.1, 0.15) is 0 Å². The zero-order chi connectivity index (χ0) is 11.7. The third-order valence-corrected chi connectivity index (χ3v) is 3.64. The predicted molar refractivity (Wildman–Crippen MR) is 68.0 cm³/mol. The van der Waals surface area contributed by atoms with Gasteiger partial charge in [-0.2, -0.15) is 0 Å². The summed E-state index contributed by atoms with van der Waals surface area (Å²) in [5.41, 5.74) is 7.07. The lowest BCUT2D eigenvalue weighted by molar-refractivity contribution is 0.454. The van der Waals surface area contributed by atoms with Crippen LogP contribution in [0.5, 0.6) is 0 Å². The molecule has 0 saturated heterocycles. The summed E-state index contributed by atoms with van der Waals surface area (Å²) in [6.45, 7) is 6.61. The van der Waals surface area contributed by atoms with Crippen molar-refractivity contribution < 1.29 is 0 Å². The van der Waals surface area contributed by atoms with E-state index < -0.39 is 0 Å². The Hall–Kier alpha value is -0.860. The average molecular weight is 218 g/mol. The van der Waals surface area contributed by atoms with E-state index in [1.54, 1.807) is 0 Å². The van der Waals surface area contributed by atoms with Gasteiger partial charge < -0.3 is 0 Å². The normalized spacial score (nSPS) is 25.5. The minimum absolute atomic E-state index is 0.441. The van der Waals surface area contributed by atoms with Crippen LogP contribution >= 0.6 is 0 Å². The molecule has 0 bridgehead atoms. The van der Waals surface area contributed by atoms with Crippen LogP contribution in [-0.2, 0) is 6.42 Å². The summed E-state index contributed by atoms with van der Waals surface area (Å²) in [5.74, 6) is 7.26. The minimum atomic E-state index is 0.441. The fourth-order valence-electron chi connectivity index (χ4n) is 2.69. The predicted octanol–water partition coefficient (Wildman–Crippen LogP) is 2.33. The van der Waals surface area contributed by atoms with E-state index >= 15 is 0 Å². The van der Waals surface area contributed by atoms with Crippen LogP contribution in [0.15, 0.2) is 18.2 Å². The van der Waals surface area contributed by atoms with Gasteiger partial charge in [0, 0.05) is 6.04 Å². The van der Waals surface area contributed by atoms with Crippen molar-refractivity contribution in [3.8, 4) is 0 Å². The smallest absolute Gasteiger partial charge is 0.0281 e. The molecule has 1 aromatic carbocycles. The lowest BCUT2D eigenvalue weighted by Gasteiger charge is -2.16.